The lowest BCUT2D eigenvalue weighted by atomic mass is 10.2. The highest BCUT2D eigenvalue weighted by molar-refractivity contribution is 7.09. The number of ether oxygens (including phenoxy) is 1. The van der Waals surface area contributed by atoms with Crippen molar-refractivity contribution in [1.82, 2.24) is 4.98 Å². The first-order chi connectivity index (χ1) is 9.58. The second-order valence-electron chi connectivity index (χ2n) is 4.21. The summed E-state index contributed by atoms with van der Waals surface area (Å²) in [7, 11) is 1.49. The summed E-state index contributed by atoms with van der Waals surface area (Å²) in [6.45, 7) is 2.63. The van der Waals surface area contributed by atoms with Crippen molar-refractivity contribution in [1.29, 1.82) is 0 Å². The zero-order chi connectivity index (χ0) is 14.5. The lowest BCUT2D eigenvalue weighted by Crippen LogP contribution is -2.05. The zero-order valence-electron chi connectivity index (χ0n) is 11.3. The fraction of sp³-hybridized carbons (Fsp3) is 0.308. The van der Waals surface area contributed by atoms with Gasteiger partial charge in [0.1, 0.15) is 5.75 Å². The van der Waals surface area contributed by atoms with Crippen molar-refractivity contribution in [3.63, 3.8) is 0 Å². The Kier molecular flexibility index (Phi) is 4.52. The number of nitrogens with one attached hydrogen (secondary N) is 1. The summed E-state index contributed by atoms with van der Waals surface area (Å²) < 4.78 is 5.06. The fourth-order valence-electron chi connectivity index (χ4n) is 1.77. The minimum Gasteiger partial charge on any atom is -0.496 e. The number of methoxy groups -OCH3 is 1. The number of anilines is 1. The van der Waals surface area contributed by atoms with Crippen LogP contribution in [0.25, 0.3) is 0 Å². The monoisotopic (exact) mass is 293 g/mol. The highest BCUT2D eigenvalue weighted by Crippen LogP contribution is 2.25. The Labute approximate surface area is 120 Å². The lowest BCUT2D eigenvalue weighted by molar-refractivity contribution is -0.384. The van der Waals surface area contributed by atoms with Gasteiger partial charge in [0.2, 0.25) is 0 Å². The van der Waals surface area contributed by atoms with Crippen LogP contribution in [0.3, 0.4) is 0 Å². The normalized spacial score (nSPS) is 10.3. The van der Waals surface area contributed by atoms with E-state index in [1.807, 2.05) is 12.3 Å². The molecule has 1 heterocycles. The minimum atomic E-state index is -0.433. The fourth-order valence-corrected chi connectivity index (χ4v) is 2.41. The first-order valence-corrected chi connectivity index (χ1v) is 6.95. The van der Waals surface area contributed by atoms with E-state index in [9.17, 15) is 10.1 Å². The van der Waals surface area contributed by atoms with Crippen LogP contribution in [0.15, 0.2) is 23.6 Å². The van der Waals surface area contributed by atoms with Gasteiger partial charge in [0.25, 0.3) is 5.69 Å². The first-order valence-electron chi connectivity index (χ1n) is 6.07. The number of aryl methyl sites for hydroxylation is 1. The Bertz CT molecular complexity index is 613. The summed E-state index contributed by atoms with van der Waals surface area (Å²) in [6.07, 6.45) is 0.773. The molecule has 0 fully saturated rings. The molecular formula is C13H15N3O3S. The highest BCUT2D eigenvalue weighted by Gasteiger charge is 2.10. The smallest absolute Gasteiger partial charge is 0.275 e. The van der Waals surface area contributed by atoms with E-state index in [2.05, 4.69) is 10.3 Å². The third-order valence-corrected chi connectivity index (χ3v) is 3.54. The number of nitro groups is 1. The summed E-state index contributed by atoms with van der Waals surface area (Å²) in [6, 6.07) is 4.63. The van der Waals surface area contributed by atoms with Crippen LogP contribution < -0.4 is 10.1 Å². The summed E-state index contributed by atoms with van der Waals surface area (Å²) >= 11 is 1.61. The topological polar surface area (TPSA) is 77.3 Å². The standard InChI is InChI=1S/C13H15N3O3S/c1-9-15-10(8-20-9)3-4-14-11-5-12(16(17)18)7-13(6-11)19-2/h5-8,14H,3-4H2,1-2H3. The Morgan fingerprint density at radius 3 is 2.85 bits per heavy atom. The van der Waals surface area contributed by atoms with Crippen LogP contribution in [-0.4, -0.2) is 23.6 Å². The third-order valence-electron chi connectivity index (χ3n) is 2.71. The molecule has 2 rings (SSSR count). The van der Waals surface area contributed by atoms with E-state index in [0.29, 0.717) is 18.0 Å². The summed E-state index contributed by atoms with van der Waals surface area (Å²) in [4.78, 5) is 14.8. The quantitative estimate of drug-likeness (QED) is 0.654. The Morgan fingerprint density at radius 1 is 1.45 bits per heavy atom. The molecule has 0 aliphatic heterocycles. The maximum absolute atomic E-state index is 10.8. The SMILES string of the molecule is COc1cc(NCCc2csc(C)n2)cc([N+](=O)[O-])c1. The van der Waals surface area contributed by atoms with Gasteiger partial charge < -0.3 is 10.1 Å². The van der Waals surface area contributed by atoms with Crippen LogP contribution in [0.2, 0.25) is 0 Å². The van der Waals surface area contributed by atoms with Gasteiger partial charge in [0.15, 0.2) is 0 Å². The number of hydrogen-bond donors (Lipinski definition) is 1. The van der Waals surface area contributed by atoms with Crippen molar-refractivity contribution in [2.45, 2.75) is 13.3 Å². The van der Waals surface area contributed by atoms with E-state index < -0.39 is 4.92 Å². The highest BCUT2D eigenvalue weighted by atomic mass is 32.1. The summed E-state index contributed by atoms with van der Waals surface area (Å²) in [5, 5.41) is 17.0. The number of benzene rings is 1. The molecule has 0 saturated heterocycles. The van der Waals surface area contributed by atoms with Gasteiger partial charge in [-0.05, 0) is 6.92 Å². The number of nitrogens with zero attached hydrogens (tertiary/aromatic N) is 2. The molecule has 0 amide bonds. The second kappa shape index (κ2) is 6.33. The number of hydrogen-bond acceptors (Lipinski definition) is 6. The number of non-ortho nitro benzene ring substituents is 1. The van der Waals surface area contributed by atoms with Crippen molar-refractivity contribution in [3.05, 3.63) is 44.4 Å². The first kappa shape index (κ1) is 14.3. The van der Waals surface area contributed by atoms with E-state index >= 15 is 0 Å². The molecule has 106 valence electrons. The van der Waals surface area contributed by atoms with E-state index in [-0.39, 0.29) is 5.69 Å². The van der Waals surface area contributed by atoms with Crippen LogP contribution in [0.4, 0.5) is 11.4 Å². The predicted molar refractivity (Wildman–Crippen MR) is 78.7 cm³/mol. The Balaban J connectivity index is 2.01. The van der Waals surface area contributed by atoms with Gasteiger partial charge in [-0.1, -0.05) is 0 Å². The van der Waals surface area contributed by atoms with E-state index in [1.165, 1.54) is 19.2 Å². The van der Waals surface area contributed by atoms with Crippen molar-refractivity contribution in [2.24, 2.45) is 0 Å². The Hall–Kier alpha value is -2.15. The molecular weight excluding hydrogens is 278 g/mol. The number of aromatic nitrogens is 1. The summed E-state index contributed by atoms with van der Waals surface area (Å²) in [5.74, 6) is 0.464. The maximum atomic E-state index is 10.8. The molecule has 20 heavy (non-hydrogen) atoms. The van der Waals surface area contributed by atoms with Crippen LogP contribution in [-0.2, 0) is 6.42 Å². The van der Waals surface area contributed by atoms with Crippen LogP contribution in [0.5, 0.6) is 5.75 Å². The van der Waals surface area contributed by atoms with Crippen molar-refractivity contribution >= 4 is 22.7 Å². The van der Waals surface area contributed by atoms with Gasteiger partial charge in [0.05, 0.1) is 28.8 Å². The van der Waals surface area contributed by atoms with Gasteiger partial charge in [-0.2, -0.15) is 0 Å². The van der Waals surface area contributed by atoms with Gasteiger partial charge in [0, 0.05) is 36.2 Å². The van der Waals surface area contributed by atoms with E-state index in [4.69, 9.17) is 4.74 Å². The molecule has 0 saturated carbocycles. The molecule has 1 aromatic heterocycles. The lowest BCUT2D eigenvalue weighted by Gasteiger charge is -2.07. The molecule has 1 aromatic carbocycles. The van der Waals surface area contributed by atoms with Crippen molar-refractivity contribution in [3.8, 4) is 5.75 Å². The van der Waals surface area contributed by atoms with Crippen molar-refractivity contribution < 1.29 is 9.66 Å². The second-order valence-corrected chi connectivity index (χ2v) is 5.27. The van der Waals surface area contributed by atoms with Gasteiger partial charge in [-0.25, -0.2) is 4.98 Å². The molecule has 1 N–H and O–H groups in total. The number of nitro benzene ring substituents is 1. The molecule has 0 aliphatic carbocycles. The minimum absolute atomic E-state index is 0.0105. The van der Waals surface area contributed by atoms with Crippen LogP contribution >= 0.6 is 11.3 Å². The average Bonchev–Trinajstić information content (AvgIpc) is 2.84. The molecule has 0 radical (unpaired) electrons. The molecule has 0 bridgehead atoms. The maximum Gasteiger partial charge on any atom is 0.275 e. The number of rotatable bonds is 6. The van der Waals surface area contributed by atoms with E-state index in [0.717, 1.165) is 17.1 Å². The molecule has 0 aliphatic rings. The Morgan fingerprint density at radius 2 is 2.25 bits per heavy atom. The molecule has 2 aromatic rings. The van der Waals surface area contributed by atoms with Gasteiger partial charge >= 0.3 is 0 Å². The molecule has 7 heteroatoms. The average molecular weight is 293 g/mol. The van der Waals surface area contributed by atoms with E-state index in [1.54, 1.807) is 17.4 Å². The molecule has 0 unspecified atom stereocenters. The summed E-state index contributed by atoms with van der Waals surface area (Å²) in [5.41, 5.74) is 1.71. The molecule has 6 nitrogen and oxygen atoms in total. The zero-order valence-corrected chi connectivity index (χ0v) is 12.1. The molecule has 0 atom stereocenters. The largest absolute Gasteiger partial charge is 0.496 e. The van der Waals surface area contributed by atoms with Crippen LogP contribution in [0.1, 0.15) is 10.7 Å². The third kappa shape index (κ3) is 3.67. The van der Waals surface area contributed by atoms with Gasteiger partial charge in [-0.3, -0.25) is 10.1 Å². The molecule has 0 spiro atoms. The number of thiazole rings is 1. The van der Waals surface area contributed by atoms with Crippen LogP contribution in [0, 0.1) is 17.0 Å². The van der Waals surface area contributed by atoms with Gasteiger partial charge in [-0.15, -0.1) is 11.3 Å². The van der Waals surface area contributed by atoms with Crippen molar-refractivity contribution in [2.75, 3.05) is 19.0 Å². The predicted octanol–water partition coefficient (Wildman–Crippen LogP) is 3.02.